The molecule has 0 unspecified atom stereocenters. The number of amides is 2. The van der Waals surface area contributed by atoms with Crippen LogP contribution in [-0.4, -0.2) is 59.1 Å². The average Bonchev–Trinajstić information content (AvgIpc) is 3.18. The van der Waals surface area contributed by atoms with Crippen molar-refractivity contribution in [3.05, 3.63) is 64.4 Å². The number of morpholine rings is 1. The number of para-hydroxylation sites is 2. The third-order valence-corrected chi connectivity index (χ3v) is 6.33. The van der Waals surface area contributed by atoms with Gasteiger partial charge in [-0.2, -0.15) is 0 Å². The Kier molecular flexibility index (Phi) is 8.12. The summed E-state index contributed by atoms with van der Waals surface area (Å²) in [6.07, 6.45) is 3.61. The van der Waals surface area contributed by atoms with E-state index in [0.29, 0.717) is 45.0 Å². The zero-order valence-electron chi connectivity index (χ0n) is 18.6. The lowest BCUT2D eigenvalue weighted by atomic mass is 10.1. The average molecular weight is 513 g/mol. The number of aryl methyl sites for hydroxylation is 1. The largest absolute Gasteiger partial charge is 0.378 e. The van der Waals surface area contributed by atoms with Crippen LogP contribution in [0.4, 0.5) is 0 Å². The number of unbranched alkanes of at least 4 members (excludes halogenated alkanes) is 2. The maximum Gasteiger partial charge on any atom is 0.251 e. The van der Waals surface area contributed by atoms with Gasteiger partial charge in [-0.1, -0.05) is 40.5 Å². The molecule has 4 rings (SSSR count). The molecule has 0 aliphatic carbocycles. The first-order valence-corrected chi connectivity index (χ1v) is 12.2. The topological polar surface area (TPSA) is 76.5 Å². The van der Waals surface area contributed by atoms with Gasteiger partial charge < -0.3 is 19.5 Å². The number of carbonyl (C=O) groups excluding carboxylic acids is 2. The van der Waals surface area contributed by atoms with Crippen LogP contribution in [0, 0.1) is 0 Å². The fourth-order valence-electron chi connectivity index (χ4n) is 4.06. The van der Waals surface area contributed by atoms with Gasteiger partial charge in [-0.3, -0.25) is 9.59 Å². The summed E-state index contributed by atoms with van der Waals surface area (Å²) in [4.78, 5) is 31.8. The van der Waals surface area contributed by atoms with E-state index in [1.807, 2.05) is 53.4 Å². The minimum atomic E-state index is -0.0558. The molecule has 1 saturated heterocycles. The highest BCUT2D eigenvalue weighted by Crippen LogP contribution is 2.18. The second-order valence-electron chi connectivity index (χ2n) is 8.17. The number of nitrogens with one attached hydrogen (secondary N) is 1. The Morgan fingerprint density at radius 1 is 1.03 bits per heavy atom. The Labute approximate surface area is 202 Å². The fraction of sp³-hybridized carbons (Fsp3) is 0.400. The van der Waals surface area contributed by atoms with Crippen molar-refractivity contribution in [2.24, 2.45) is 0 Å². The number of aromatic nitrogens is 2. The molecule has 1 fully saturated rings. The molecule has 33 heavy (non-hydrogen) atoms. The zero-order chi connectivity index (χ0) is 23.0. The zero-order valence-corrected chi connectivity index (χ0v) is 20.2. The molecule has 1 aliphatic rings. The van der Waals surface area contributed by atoms with E-state index in [1.165, 1.54) is 0 Å². The highest BCUT2D eigenvalue weighted by molar-refractivity contribution is 9.10. The molecule has 2 heterocycles. The number of benzene rings is 2. The molecule has 2 amide bonds. The predicted molar refractivity (Wildman–Crippen MR) is 131 cm³/mol. The van der Waals surface area contributed by atoms with Gasteiger partial charge in [0.05, 0.1) is 24.2 Å². The van der Waals surface area contributed by atoms with Crippen molar-refractivity contribution < 1.29 is 14.3 Å². The van der Waals surface area contributed by atoms with Gasteiger partial charge >= 0.3 is 0 Å². The van der Waals surface area contributed by atoms with Crippen LogP contribution >= 0.6 is 15.9 Å². The van der Waals surface area contributed by atoms with E-state index in [4.69, 9.17) is 9.72 Å². The number of fused-ring (bicyclic) bond motifs is 1. The summed E-state index contributed by atoms with van der Waals surface area (Å²) in [5.41, 5.74) is 2.57. The lowest BCUT2D eigenvalue weighted by Crippen LogP contribution is -2.42. The van der Waals surface area contributed by atoms with Crippen molar-refractivity contribution in [3.8, 4) is 0 Å². The smallest absolute Gasteiger partial charge is 0.251 e. The molecule has 2 aromatic carbocycles. The Hall–Kier alpha value is -2.71. The first-order valence-electron chi connectivity index (χ1n) is 11.5. The second kappa shape index (κ2) is 11.4. The summed E-state index contributed by atoms with van der Waals surface area (Å²) >= 11 is 3.39. The van der Waals surface area contributed by atoms with E-state index < -0.39 is 0 Å². The lowest BCUT2D eigenvalue weighted by Gasteiger charge is -2.27. The van der Waals surface area contributed by atoms with Crippen LogP contribution < -0.4 is 5.32 Å². The number of hydrogen-bond acceptors (Lipinski definition) is 4. The van der Waals surface area contributed by atoms with Crippen molar-refractivity contribution in [1.29, 1.82) is 0 Å². The SMILES string of the molecule is O=C(NCCCCCc1nc2ccccc2n1CC(=O)N1CCOCC1)c1cccc(Br)c1. The number of carbonyl (C=O) groups is 2. The summed E-state index contributed by atoms with van der Waals surface area (Å²) < 4.78 is 8.32. The second-order valence-corrected chi connectivity index (χ2v) is 9.09. The van der Waals surface area contributed by atoms with Crippen molar-refractivity contribution in [2.45, 2.75) is 32.2 Å². The van der Waals surface area contributed by atoms with Gasteiger partial charge in [0.1, 0.15) is 12.4 Å². The Balaban J connectivity index is 1.29. The van der Waals surface area contributed by atoms with E-state index in [9.17, 15) is 9.59 Å². The number of hydrogen-bond donors (Lipinski definition) is 1. The van der Waals surface area contributed by atoms with Crippen molar-refractivity contribution in [2.75, 3.05) is 32.8 Å². The van der Waals surface area contributed by atoms with Gasteiger partial charge in [-0.25, -0.2) is 4.98 Å². The van der Waals surface area contributed by atoms with E-state index in [1.54, 1.807) is 0 Å². The summed E-state index contributed by atoms with van der Waals surface area (Å²) in [6, 6.07) is 15.4. The van der Waals surface area contributed by atoms with Gasteiger partial charge in [0.25, 0.3) is 5.91 Å². The summed E-state index contributed by atoms with van der Waals surface area (Å²) in [5, 5.41) is 2.98. The van der Waals surface area contributed by atoms with E-state index in [-0.39, 0.29) is 11.8 Å². The molecule has 174 valence electrons. The van der Waals surface area contributed by atoms with Crippen LogP contribution in [-0.2, 0) is 22.5 Å². The maximum absolute atomic E-state index is 12.9. The van der Waals surface area contributed by atoms with Crippen molar-refractivity contribution in [3.63, 3.8) is 0 Å². The van der Waals surface area contributed by atoms with Gasteiger partial charge in [-0.15, -0.1) is 0 Å². The monoisotopic (exact) mass is 512 g/mol. The first-order chi connectivity index (χ1) is 16.1. The molecule has 1 aromatic heterocycles. The summed E-state index contributed by atoms with van der Waals surface area (Å²) in [6.45, 7) is 3.43. The molecule has 0 bridgehead atoms. The molecule has 7 nitrogen and oxygen atoms in total. The van der Waals surface area contributed by atoms with Gasteiger partial charge in [0.2, 0.25) is 5.91 Å². The molecule has 0 radical (unpaired) electrons. The Bertz CT molecular complexity index is 1110. The van der Waals surface area contributed by atoms with E-state index in [2.05, 4.69) is 25.8 Å². The lowest BCUT2D eigenvalue weighted by molar-refractivity contribution is -0.135. The van der Waals surface area contributed by atoms with Crippen LogP contribution in [0.3, 0.4) is 0 Å². The van der Waals surface area contributed by atoms with Crippen molar-refractivity contribution in [1.82, 2.24) is 19.8 Å². The number of halogens is 1. The van der Waals surface area contributed by atoms with Crippen LogP contribution in [0.15, 0.2) is 53.0 Å². The van der Waals surface area contributed by atoms with Gasteiger partial charge in [0.15, 0.2) is 0 Å². The molecule has 0 atom stereocenters. The van der Waals surface area contributed by atoms with Crippen LogP contribution in [0.1, 0.15) is 35.4 Å². The number of imidazole rings is 1. The highest BCUT2D eigenvalue weighted by Gasteiger charge is 2.20. The predicted octanol–water partition coefficient (Wildman–Crippen LogP) is 3.80. The summed E-state index contributed by atoms with van der Waals surface area (Å²) in [7, 11) is 0. The molecular weight excluding hydrogens is 484 g/mol. The van der Waals surface area contributed by atoms with E-state index in [0.717, 1.165) is 47.0 Å². The number of ether oxygens (including phenoxy) is 1. The molecule has 0 saturated carbocycles. The molecule has 1 N–H and O–H groups in total. The molecule has 3 aromatic rings. The number of rotatable bonds is 9. The Morgan fingerprint density at radius 3 is 2.67 bits per heavy atom. The van der Waals surface area contributed by atoms with E-state index >= 15 is 0 Å². The third kappa shape index (κ3) is 6.21. The van der Waals surface area contributed by atoms with Crippen LogP contribution in [0.2, 0.25) is 0 Å². The normalized spacial score (nSPS) is 13.9. The minimum absolute atomic E-state index is 0.0558. The van der Waals surface area contributed by atoms with Crippen LogP contribution in [0.25, 0.3) is 11.0 Å². The van der Waals surface area contributed by atoms with Gasteiger partial charge in [0, 0.05) is 36.1 Å². The van der Waals surface area contributed by atoms with Crippen LogP contribution in [0.5, 0.6) is 0 Å². The highest BCUT2D eigenvalue weighted by atomic mass is 79.9. The molecule has 1 aliphatic heterocycles. The van der Waals surface area contributed by atoms with Gasteiger partial charge in [-0.05, 0) is 43.2 Å². The standard InChI is InChI=1S/C25H29BrN4O3/c26-20-8-6-7-19(17-20)25(32)27-12-5-1-2-11-23-28-21-9-3-4-10-22(21)30(23)18-24(31)29-13-15-33-16-14-29/h3-4,6-10,17H,1-2,5,11-16,18H2,(H,27,32). The molecule has 8 heteroatoms. The van der Waals surface area contributed by atoms with Crippen molar-refractivity contribution >= 4 is 38.8 Å². The molecular formula is C25H29BrN4O3. The maximum atomic E-state index is 12.9. The quantitative estimate of drug-likeness (QED) is 0.442. The fourth-order valence-corrected chi connectivity index (χ4v) is 4.46. The first kappa shape index (κ1) is 23.4. The third-order valence-electron chi connectivity index (χ3n) is 5.84. The number of nitrogens with zero attached hydrogens (tertiary/aromatic N) is 3. The summed E-state index contributed by atoms with van der Waals surface area (Å²) in [5.74, 6) is 0.994. The Morgan fingerprint density at radius 2 is 1.85 bits per heavy atom. The minimum Gasteiger partial charge on any atom is -0.378 e. The molecule has 0 spiro atoms.